The van der Waals surface area contributed by atoms with Crippen molar-refractivity contribution >= 4 is 29.7 Å². The van der Waals surface area contributed by atoms with Crippen LogP contribution in [0.1, 0.15) is 33.3 Å². The minimum Gasteiger partial charge on any atom is -0.497 e. The van der Waals surface area contributed by atoms with Gasteiger partial charge in [-0.15, -0.1) is 4.57 Å². The van der Waals surface area contributed by atoms with Gasteiger partial charge in [0, 0.05) is 31.1 Å². The van der Waals surface area contributed by atoms with E-state index in [9.17, 15) is 9.59 Å². The zero-order valence-electron chi connectivity index (χ0n) is 18.6. The second kappa shape index (κ2) is 9.41. The highest BCUT2D eigenvalue weighted by molar-refractivity contribution is 8.04. The van der Waals surface area contributed by atoms with E-state index in [0.717, 1.165) is 5.56 Å². The molecule has 0 bridgehead atoms. The van der Waals surface area contributed by atoms with Gasteiger partial charge in [0.15, 0.2) is 17.0 Å². The van der Waals surface area contributed by atoms with Gasteiger partial charge in [-0.2, -0.15) is 0 Å². The number of methoxy groups -OCH3 is 2. The number of hydrogen-bond acceptors (Lipinski definition) is 8. The number of benzene rings is 1. The lowest BCUT2D eigenvalue weighted by Crippen LogP contribution is -2.45. The lowest BCUT2D eigenvalue weighted by molar-refractivity contribution is -0.601. The van der Waals surface area contributed by atoms with Crippen molar-refractivity contribution in [1.82, 2.24) is 9.97 Å². The first-order chi connectivity index (χ1) is 16.0. The molecule has 0 saturated carbocycles. The molecule has 33 heavy (non-hydrogen) atoms. The largest absolute Gasteiger partial charge is 0.497 e. The summed E-state index contributed by atoms with van der Waals surface area (Å²) in [6.07, 6.45) is 5.09. The van der Waals surface area contributed by atoms with Crippen molar-refractivity contribution in [3.63, 3.8) is 0 Å². The number of pyridine rings is 1. The molecule has 0 spiro atoms. The third-order valence-corrected chi connectivity index (χ3v) is 5.98. The van der Waals surface area contributed by atoms with E-state index in [4.69, 9.17) is 14.2 Å². The van der Waals surface area contributed by atoms with Gasteiger partial charge in [0.2, 0.25) is 0 Å². The normalized spacial score (nSPS) is 13.7. The van der Waals surface area contributed by atoms with Crippen molar-refractivity contribution in [3.05, 3.63) is 64.5 Å². The molecule has 4 rings (SSSR count). The van der Waals surface area contributed by atoms with Crippen molar-refractivity contribution in [2.75, 3.05) is 20.8 Å². The number of thioether (sulfide) groups is 1. The lowest BCUT2D eigenvalue weighted by atomic mass is 10.0. The second-order valence-electron chi connectivity index (χ2n) is 7.03. The molecule has 0 atom stereocenters. The molecule has 0 N–H and O–H groups in total. The summed E-state index contributed by atoms with van der Waals surface area (Å²) in [4.78, 5) is 35.7. The van der Waals surface area contributed by atoms with E-state index in [1.807, 2.05) is 6.07 Å². The summed E-state index contributed by atoms with van der Waals surface area (Å²) in [6, 6.07) is 8.85. The zero-order chi connectivity index (χ0) is 23.5. The van der Waals surface area contributed by atoms with E-state index in [1.54, 1.807) is 63.7 Å². The monoisotopic (exact) mass is 464 g/mol. The number of rotatable bonds is 6. The number of fused-ring (bicyclic) bond motifs is 1. The first-order valence-corrected chi connectivity index (χ1v) is 11.0. The van der Waals surface area contributed by atoms with Crippen molar-refractivity contribution in [2.45, 2.75) is 19.0 Å². The highest BCUT2D eigenvalue weighted by atomic mass is 32.2. The summed E-state index contributed by atoms with van der Waals surface area (Å²) in [5.41, 5.74) is 2.29. The van der Waals surface area contributed by atoms with Crippen LogP contribution in [-0.4, -0.2) is 42.7 Å². The van der Waals surface area contributed by atoms with Crippen molar-refractivity contribution in [2.24, 2.45) is 0 Å². The molecule has 1 aliphatic rings. The molecular formula is C24H22N3O5S+. The quantitative estimate of drug-likeness (QED) is 0.236. The van der Waals surface area contributed by atoms with Crippen LogP contribution in [0.5, 0.6) is 11.5 Å². The molecule has 0 saturated heterocycles. The van der Waals surface area contributed by atoms with Crippen LogP contribution in [0.3, 0.4) is 0 Å². The van der Waals surface area contributed by atoms with Gasteiger partial charge in [0.25, 0.3) is 0 Å². The van der Waals surface area contributed by atoms with Crippen LogP contribution in [0.4, 0.5) is 0 Å². The van der Waals surface area contributed by atoms with Crippen LogP contribution in [0, 0.1) is 6.92 Å². The fraction of sp³-hybridized carbons (Fsp3) is 0.208. The molecule has 1 aliphatic heterocycles. The third-order valence-electron chi connectivity index (χ3n) is 5.02. The Hall–Kier alpha value is -3.72. The van der Waals surface area contributed by atoms with Gasteiger partial charge in [-0.1, -0.05) is 6.07 Å². The molecule has 168 valence electrons. The lowest BCUT2D eigenvalue weighted by Gasteiger charge is -2.14. The molecule has 8 nitrogen and oxygen atoms in total. The topological polar surface area (TPSA) is 91.5 Å². The van der Waals surface area contributed by atoms with Crippen LogP contribution in [-0.2, 0) is 4.74 Å². The van der Waals surface area contributed by atoms with E-state index in [2.05, 4.69) is 9.97 Å². The molecule has 0 amide bonds. The van der Waals surface area contributed by atoms with Gasteiger partial charge < -0.3 is 14.2 Å². The molecular weight excluding hydrogens is 442 g/mol. The number of ether oxygens (including phenoxy) is 3. The average Bonchev–Trinajstić information content (AvgIpc) is 3.12. The molecule has 0 unspecified atom stereocenters. The number of carbonyl (C=O) groups is 2. The maximum atomic E-state index is 13.6. The Morgan fingerprint density at radius 1 is 1.21 bits per heavy atom. The van der Waals surface area contributed by atoms with Crippen LogP contribution in [0.2, 0.25) is 0 Å². The SMILES string of the molecule is CCOC(=O)c1c(C)nc2[n+](c1-c1cc(OC)ccc1OC)C(=O)/C(=C/c1cccnc1)S2. The standard InChI is InChI=1S/C24H22N3O5S/c1-5-32-23(29)20-14(2)26-24-27(21(20)17-12-16(30-3)8-9-18(17)31-4)22(28)19(33-24)11-15-7-6-10-25-13-15/h6-13H,5H2,1-4H3/q+1/b19-11-. The number of carbonyl (C=O) groups excluding carboxylic acids is 2. The average molecular weight is 465 g/mol. The summed E-state index contributed by atoms with van der Waals surface area (Å²) >= 11 is 1.23. The zero-order valence-corrected chi connectivity index (χ0v) is 19.4. The molecule has 2 aromatic heterocycles. The van der Waals surface area contributed by atoms with Crippen LogP contribution >= 0.6 is 11.8 Å². The van der Waals surface area contributed by atoms with Gasteiger partial charge >= 0.3 is 17.0 Å². The van der Waals surface area contributed by atoms with Crippen molar-refractivity contribution in [3.8, 4) is 22.8 Å². The van der Waals surface area contributed by atoms with Crippen LogP contribution in [0.15, 0.2) is 52.8 Å². The predicted octanol–water partition coefficient (Wildman–Crippen LogP) is 3.72. The number of hydrogen-bond donors (Lipinski definition) is 0. The highest BCUT2D eigenvalue weighted by Gasteiger charge is 2.42. The van der Waals surface area contributed by atoms with E-state index >= 15 is 0 Å². The Morgan fingerprint density at radius 3 is 2.70 bits per heavy atom. The van der Waals surface area contributed by atoms with E-state index in [-0.39, 0.29) is 18.1 Å². The van der Waals surface area contributed by atoms with Gasteiger partial charge in [-0.05, 0) is 47.8 Å². The van der Waals surface area contributed by atoms with Crippen LogP contribution < -0.4 is 14.0 Å². The molecule has 1 aromatic carbocycles. The van der Waals surface area contributed by atoms with Gasteiger partial charge in [0.05, 0.1) is 26.4 Å². The Bertz CT molecular complexity index is 1270. The number of aryl methyl sites for hydroxylation is 1. The highest BCUT2D eigenvalue weighted by Crippen LogP contribution is 2.39. The second-order valence-corrected chi connectivity index (χ2v) is 8.04. The maximum absolute atomic E-state index is 13.6. The molecule has 3 heterocycles. The molecule has 0 radical (unpaired) electrons. The van der Waals surface area contributed by atoms with Crippen molar-refractivity contribution < 1.29 is 28.4 Å². The maximum Gasteiger partial charge on any atom is 0.372 e. The third kappa shape index (κ3) is 4.19. The molecule has 0 aliphatic carbocycles. The fourth-order valence-electron chi connectivity index (χ4n) is 3.54. The van der Waals surface area contributed by atoms with E-state index in [1.165, 1.54) is 23.4 Å². The number of nitrogens with zero attached hydrogens (tertiary/aromatic N) is 3. The predicted molar refractivity (Wildman–Crippen MR) is 122 cm³/mol. The molecule has 3 aromatic rings. The molecule has 9 heteroatoms. The fourth-order valence-corrected chi connectivity index (χ4v) is 4.56. The van der Waals surface area contributed by atoms with Gasteiger partial charge in [0.1, 0.15) is 16.4 Å². The number of allylic oxidation sites excluding steroid dienone is 1. The first kappa shape index (κ1) is 22.5. The Labute approximate surface area is 195 Å². The summed E-state index contributed by atoms with van der Waals surface area (Å²) in [5, 5.41) is 0.445. The smallest absolute Gasteiger partial charge is 0.372 e. The minimum atomic E-state index is -0.569. The van der Waals surface area contributed by atoms with Crippen LogP contribution in [0.25, 0.3) is 17.3 Å². The summed E-state index contributed by atoms with van der Waals surface area (Å²) in [5.74, 6) is 0.148. The van der Waals surface area contributed by atoms with E-state index in [0.29, 0.717) is 38.5 Å². The number of aromatic nitrogens is 3. The Balaban J connectivity index is 2.00. The van der Waals surface area contributed by atoms with E-state index < -0.39 is 5.97 Å². The van der Waals surface area contributed by atoms with Crippen molar-refractivity contribution in [1.29, 1.82) is 0 Å². The summed E-state index contributed by atoms with van der Waals surface area (Å²) < 4.78 is 17.7. The van der Waals surface area contributed by atoms with Gasteiger partial charge in [-0.25, -0.2) is 9.59 Å². The summed E-state index contributed by atoms with van der Waals surface area (Å²) in [6.45, 7) is 3.63. The summed E-state index contributed by atoms with van der Waals surface area (Å²) in [7, 11) is 3.07. The Kier molecular flexibility index (Phi) is 6.41. The number of esters is 1. The Morgan fingerprint density at radius 2 is 2.03 bits per heavy atom. The van der Waals surface area contributed by atoms with Gasteiger partial charge in [-0.3, -0.25) is 4.98 Å². The first-order valence-electron chi connectivity index (χ1n) is 10.2. The molecule has 0 fully saturated rings. The minimum absolute atomic E-state index is 0.184.